The molecule has 0 aliphatic heterocycles. The molecule has 0 spiro atoms. The highest BCUT2D eigenvalue weighted by molar-refractivity contribution is 9.10. The van der Waals surface area contributed by atoms with E-state index in [4.69, 9.17) is 4.42 Å². The second-order valence-electron chi connectivity index (χ2n) is 8.65. The van der Waals surface area contributed by atoms with Crippen LogP contribution >= 0.6 is 15.9 Å². The minimum Gasteiger partial charge on any atom is -0.507 e. The highest BCUT2D eigenvalue weighted by atomic mass is 79.9. The monoisotopic (exact) mass is 488 g/mol. The zero-order valence-electron chi connectivity index (χ0n) is 17.8. The lowest BCUT2D eigenvalue weighted by atomic mass is 9.73. The average molecular weight is 489 g/mol. The summed E-state index contributed by atoms with van der Waals surface area (Å²) in [7, 11) is 0. The van der Waals surface area contributed by atoms with Gasteiger partial charge in [-0.15, -0.1) is 0 Å². The van der Waals surface area contributed by atoms with Crippen LogP contribution in [0.5, 0.6) is 5.75 Å². The van der Waals surface area contributed by atoms with Crippen LogP contribution < -0.4 is 5.63 Å². The zero-order valence-corrected chi connectivity index (χ0v) is 19.3. The van der Waals surface area contributed by atoms with Gasteiger partial charge in [0.25, 0.3) is 0 Å². The molecule has 1 aliphatic carbocycles. The first kappa shape index (κ1) is 21.0. The molecule has 0 radical (unpaired) electrons. The van der Waals surface area contributed by atoms with Gasteiger partial charge >= 0.3 is 5.63 Å². The summed E-state index contributed by atoms with van der Waals surface area (Å²) in [5.74, 6) is 0.178. The van der Waals surface area contributed by atoms with E-state index < -0.39 is 5.63 Å². The topological polar surface area (TPSA) is 50.4 Å². The number of benzene rings is 3. The zero-order chi connectivity index (χ0) is 22.1. The van der Waals surface area contributed by atoms with Crippen LogP contribution in [0.25, 0.3) is 22.1 Å². The van der Waals surface area contributed by atoms with E-state index in [1.165, 1.54) is 6.42 Å². The second-order valence-corrected chi connectivity index (χ2v) is 9.57. The van der Waals surface area contributed by atoms with E-state index in [0.29, 0.717) is 22.5 Å². The minimum atomic E-state index is -0.436. The van der Waals surface area contributed by atoms with Gasteiger partial charge in [0.05, 0.1) is 10.9 Å². The standard InChI is InChI=1S/C28H25BrO3/c29-22-16-14-19(15-17-22)18-10-12-21(13-11-18)25(20-6-2-1-3-7-20)26-27(30)23-8-4-5-9-24(23)32-28(26)31/h4-5,8-17,20,25,30H,1-3,6-7H2. The second kappa shape index (κ2) is 8.95. The SMILES string of the molecule is O=c1oc2ccccc2c(O)c1C(c1ccc(-c2ccc(Br)cc2)cc1)C1CCCCC1. The number of aromatic hydroxyl groups is 1. The number of halogens is 1. The molecule has 1 fully saturated rings. The molecule has 1 atom stereocenters. The molecule has 1 unspecified atom stereocenters. The Hall–Kier alpha value is -2.85. The van der Waals surface area contributed by atoms with Gasteiger partial charge in [-0.05, 0) is 59.7 Å². The van der Waals surface area contributed by atoms with Gasteiger partial charge in [-0.3, -0.25) is 0 Å². The van der Waals surface area contributed by atoms with Crippen molar-refractivity contribution in [2.24, 2.45) is 5.92 Å². The lowest BCUT2D eigenvalue weighted by Gasteiger charge is -2.31. The van der Waals surface area contributed by atoms with Gasteiger partial charge in [-0.1, -0.05) is 83.7 Å². The van der Waals surface area contributed by atoms with Crippen molar-refractivity contribution in [3.05, 3.63) is 98.8 Å². The van der Waals surface area contributed by atoms with Crippen molar-refractivity contribution >= 4 is 26.9 Å². The highest BCUT2D eigenvalue weighted by Crippen LogP contribution is 2.44. The Morgan fingerprint density at radius 1 is 0.844 bits per heavy atom. The van der Waals surface area contributed by atoms with Crippen molar-refractivity contribution in [1.82, 2.24) is 0 Å². The van der Waals surface area contributed by atoms with Crippen LogP contribution in [0.15, 0.2) is 86.5 Å². The molecule has 0 bridgehead atoms. The average Bonchev–Trinajstić information content (AvgIpc) is 2.83. The van der Waals surface area contributed by atoms with Gasteiger partial charge in [0.15, 0.2) is 0 Å². The minimum absolute atomic E-state index is 0.0596. The Bertz CT molecular complexity index is 1280. The molecule has 0 amide bonds. The molecule has 1 aliphatic rings. The summed E-state index contributed by atoms with van der Waals surface area (Å²) < 4.78 is 6.70. The third-order valence-corrected chi connectivity index (χ3v) is 7.23. The third-order valence-electron chi connectivity index (χ3n) is 6.70. The van der Waals surface area contributed by atoms with Gasteiger partial charge in [0.1, 0.15) is 11.3 Å². The van der Waals surface area contributed by atoms with E-state index in [9.17, 15) is 9.90 Å². The van der Waals surface area contributed by atoms with E-state index in [1.54, 1.807) is 6.07 Å². The molecule has 32 heavy (non-hydrogen) atoms. The summed E-state index contributed by atoms with van der Waals surface area (Å²) in [6, 6.07) is 23.9. The summed E-state index contributed by atoms with van der Waals surface area (Å²) in [6.07, 6.45) is 5.62. The fourth-order valence-corrected chi connectivity index (χ4v) is 5.35. The van der Waals surface area contributed by atoms with E-state index >= 15 is 0 Å². The summed E-state index contributed by atoms with van der Waals surface area (Å²) in [5.41, 5.74) is 3.70. The highest BCUT2D eigenvalue weighted by Gasteiger charge is 2.32. The Kier molecular flexibility index (Phi) is 5.88. The third kappa shape index (κ3) is 4.00. The molecule has 1 heterocycles. The van der Waals surface area contributed by atoms with Crippen LogP contribution in [0.2, 0.25) is 0 Å². The molecule has 1 saturated carbocycles. The number of para-hydroxylation sites is 1. The van der Waals surface area contributed by atoms with Crippen molar-refractivity contribution in [2.75, 3.05) is 0 Å². The maximum atomic E-state index is 13.1. The quantitative estimate of drug-likeness (QED) is 0.300. The van der Waals surface area contributed by atoms with Crippen LogP contribution in [0.3, 0.4) is 0 Å². The van der Waals surface area contributed by atoms with Crippen LogP contribution in [0.1, 0.15) is 49.1 Å². The first-order valence-electron chi connectivity index (χ1n) is 11.2. The van der Waals surface area contributed by atoms with E-state index in [2.05, 4.69) is 52.3 Å². The van der Waals surface area contributed by atoms with Crippen molar-refractivity contribution in [1.29, 1.82) is 0 Å². The first-order chi connectivity index (χ1) is 15.6. The Morgan fingerprint density at radius 2 is 1.47 bits per heavy atom. The fourth-order valence-electron chi connectivity index (χ4n) is 5.09. The van der Waals surface area contributed by atoms with E-state index in [1.807, 2.05) is 30.3 Å². The van der Waals surface area contributed by atoms with Crippen molar-refractivity contribution in [2.45, 2.75) is 38.0 Å². The molecule has 162 valence electrons. The molecule has 3 aromatic carbocycles. The van der Waals surface area contributed by atoms with Gasteiger partial charge in [0, 0.05) is 10.4 Å². The van der Waals surface area contributed by atoms with Crippen LogP contribution in [0.4, 0.5) is 0 Å². The van der Waals surface area contributed by atoms with Gasteiger partial charge < -0.3 is 9.52 Å². The smallest absolute Gasteiger partial charge is 0.343 e. The Balaban J connectivity index is 1.62. The summed E-state index contributed by atoms with van der Waals surface area (Å²) >= 11 is 3.49. The molecule has 4 aromatic rings. The Morgan fingerprint density at radius 3 is 2.16 bits per heavy atom. The fraction of sp³-hybridized carbons (Fsp3) is 0.250. The normalized spacial score (nSPS) is 15.7. The summed E-state index contributed by atoms with van der Waals surface area (Å²) in [5, 5.41) is 11.8. The largest absolute Gasteiger partial charge is 0.507 e. The number of rotatable bonds is 4. The maximum absolute atomic E-state index is 13.1. The molecule has 4 heteroatoms. The summed E-state index contributed by atoms with van der Waals surface area (Å²) in [4.78, 5) is 13.1. The van der Waals surface area contributed by atoms with Crippen LogP contribution in [0, 0.1) is 5.92 Å². The predicted octanol–water partition coefficient (Wildman–Crippen LogP) is 7.64. The van der Waals surface area contributed by atoms with Gasteiger partial charge in [-0.25, -0.2) is 4.79 Å². The van der Waals surface area contributed by atoms with Crippen molar-refractivity contribution in [3.8, 4) is 16.9 Å². The molecule has 1 N–H and O–H groups in total. The molecule has 3 nitrogen and oxygen atoms in total. The molecule has 5 rings (SSSR count). The lowest BCUT2D eigenvalue weighted by Crippen LogP contribution is -2.23. The van der Waals surface area contributed by atoms with Crippen LogP contribution in [-0.4, -0.2) is 5.11 Å². The molecular formula is C28H25BrO3. The molecule has 1 aromatic heterocycles. The lowest BCUT2D eigenvalue weighted by molar-refractivity contribution is 0.317. The van der Waals surface area contributed by atoms with E-state index in [0.717, 1.165) is 46.8 Å². The van der Waals surface area contributed by atoms with Gasteiger partial charge in [-0.2, -0.15) is 0 Å². The number of hydrogen-bond acceptors (Lipinski definition) is 3. The maximum Gasteiger partial charge on any atom is 0.343 e. The molecular weight excluding hydrogens is 464 g/mol. The van der Waals surface area contributed by atoms with Crippen LogP contribution in [-0.2, 0) is 0 Å². The van der Waals surface area contributed by atoms with Gasteiger partial charge in [0.2, 0.25) is 0 Å². The van der Waals surface area contributed by atoms with Crippen molar-refractivity contribution in [3.63, 3.8) is 0 Å². The van der Waals surface area contributed by atoms with E-state index in [-0.39, 0.29) is 11.7 Å². The first-order valence-corrected chi connectivity index (χ1v) is 12.0. The Labute approximate surface area is 195 Å². The molecule has 0 saturated heterocycles. The number of fused-ring (bicyclic) bond motifs is 1. The predicted molar refractivity (Wildman–Crippen MR) is 132 cm³/mol. The summed E-state index contributed by atoms with van der Waals surface area (Å²) in [6.45, 7) is 0. The number of hydrogen-bond donors (Lipinski definition) is 1. The van der Waals surface area contributed by atoms with Crippen molar-refractivity contribution < 1.29 is 9.52 Å².